The van der Waals surface area contributed by atoms with Gasteiger partial charge in [0.15, 0.2) is 0 Å². The highest BCUT2D eigenvalue weighted by Gasteiger charge is 2.22. The van der Waals surface area contributed by atoms with Crippen LogP contribution in [0.25, 0.3) is 16.3 Å². The molecule has 0 amide bonds. The number of thiophene rings is 1. The second-order valence-electron chi connectivity index (χ2n) is 6.65. The van der Waals surface area contributed by atoms with E-state index in [-0.39, 0.29) is 0 Å². The van der Waals surface area contributed by atoms with Gasteiger partial charge in [0, 0.05) is 49.0 Å². The Morgan fingerprint density at radius 3 is 2.61 bits per heavy atom. The smallest absolute Gasteiger partial charge is 0.250 e. The Hall–Kier alpha value is -2.62. The molecule has 0 aliphatic carbocycles. The molecular weight excluding hydrogens is 390 g/mol. The molecule has 3 aromatic heterocycles. The maximum Gasteiger partial charge on any atom is 0.250 e. The minimum Gasteiger partial charge on any atom is -0.337 e. The van der Waals surface area contributed by atoms with Crippen molar-refractivity contribution in [3.05, 3.63) is 58.2 Å². The molecule has 0 unspecified atom stereocenters. The van der Waals surface area contributed by atoms with E-state index in [4.69, 9.17) is 4.98 Å². The number of nitrogens with zero attached hydrogens (tertiary/aromatic N) is 7. The molecule has 0 N–H and O–H groups in total. The quantitative estimate of drug-likeness (QED) is 0.505. The summed E-state index contributed by atoms with van der Waals surface area (Å²) in [7, 11) is 0. The Morgan fingerprint density at radius 1 is 0.964 bits per heavy atom. The molecule has 1 aromatic carbocycles. The fraction of sp³-hybridized carbons (Fsp3) is 0.263. The Bertz CT molecular complexity index is 1020. The zero-order chi connectivity index (χ0) is 18.8. The highest BCUT2D eigenvalue weighted by Crippen LogP contribution is 2.26. The number of thiazole rings is 1. The molecule has 4 aromatic rings. The topological polar surface area (TPSA) is 63.0 Å². The van der Waals surface area contributed by atoms with Gasteiger partial charge in [0.05, 0.1) is 11.4 Å². The van der Waals surface area contributed by atoms with Gasteiger partial charge in [0.25, 0.3) is 0 Å². The second kappa shape index (κ2) is 7.78. The average Bonchev–Trinajstić information content (AvgIpc) is 3.50. The summed E-state index contributed by atoms with van der Waals surface area (Å²) < 4.78 is 1.81. The monoisotopic (exact) mass is 409 g/mol. The van der Waals surface area contributed by atoms with Crippen molar-refractivity contribution in [3.8, 4) is 16.3 Å². The number of piperazine rings is 1. The van der Waals surface area contributed by atoms with Crippen LogP contribution in [0.5, 0.6) is 0 Å². The van der Waals surface area contributed by atoms with Crippen molar-refractivity contribution in [2.75, 3.05) is 31.1 Å². The first kappa shape index (κ1) is 17.5. The summed E-state index contributed by atoms with van der Waals surface area (Å²) in [4.78, 5) is 9.50. The first-order valence-electron chi connectivity index (χ1n) is 9.15. The van der Waals surface area contributed by atoms with Gasteiger partial charge >= 0.3 is 0 Å². The summed E-state index contributed by atoms with van der Waals surface area (Å²) in [6.45, 7) is 4.61. The molecule has 1 aliphatic rings. The van der Waals surface area contributed by atoms with E-state index in [9.17, 15) is 0 Å². The fourth-order valence-electron chi connectivity index (χ4n) is 3.35. The van der Waals surface area contributed by atoms with Crippen LogP contribution in [0.2, 0.25) is 0 Å². The number of tetrazole rings is 1. The fourth-order valence-corrected chi connectivity index (χ4v) is 4.87. The van der Waals surface area contributed by atoms with Crippen LogP contribution in [-0.4, -0.2) is 56.3 Å². The molecule has 28 heavy (non-hydrogen) atoms. The molecule has 142 valence electrons. The molecule has 0 spiro atoms. The van der Waals surface area contributed by atoms with Crippen LogP contribution >= 0.6 is 22.7 Å². The maximum atomic E-state index is 4.80. The van der Waals surface area contributed by atoms with Crippen LogP contribution in [0.4, 0.5) is 5.95 Å². The molecule has 0 bridgehead atoms. The van der Waals surface area contributed by atoms with E-state index in [1.807, 2.05) is 35.0 Å². The third-order valence-electron chi connectivity index (χ3n) is 4.81. The van der Waals surface area contributed by atoms with Crippen LogP contribution < -0.4 is 4.90 Å². The lowest BCUT2D eigenvalue weighted by atomic mass is 10.3. The minimum atomic E-state index is 0.805. The van der Waals surface area contributed by atoms with Gasteiger partial charge in [-0.15, -0.1) is 11.3 Å². The van der Waals surface area contributed by atoms with E-state index in [2.05, 4.69) is 47.5 Å². The van der Waals surface area contributed by atoms with Crippen LogP contribution in [0, 0.1) is 0 Å². The van der Waals surface area contributed by atoms with Crippen LogP contribution in [0.15, 0.2) is 52.5 Å². The van der Waals surface area contributed by atoms with Gasteiger partial charge in [-0.25, -0.2) is 4.98 Å². The summed E-state index contributed by atoms with van der Waals surface area (Å²) in [5.41, 5.74) is 3.35. The Balaban J connectivity index is 1.22. The zero-order valence-electron chi connectivity index (χ0n) is 15.2. The number of anilines is 1. The van der Waals surface area contributed by atoms with Gasteiger partial charge in [-0.3, -0.25) is 4.90 Å². The van der Waals surface area contributed by atoms with E-state index < -0.39 is 0 Å². The van der Waals surface area contributed by atoms with Gasteiger partial charge in [0.2, 0.25) is 5.95 Å². The Labute approximate surface area is 170 Å². The van der Waals surface area contributed by atoms with Crippen molar-refractivity contribution >= 4 is 28.6 Å². The van der Waals surface area contributed by atoms with E-state index >= 15 is 0 Å². The van der Waals surface area contributed by atoms with Gasteiger partial charge in [0.1, 0.15) is 5.01 Å². The van der Waals surface area contributed by atoms with Crippen molar-refractivity contribution in [3.63, 3.8) is 0 Å². The summed E-state index contributed by atoms with van der Waals surface area (Å²) in [5, 5.41) is 19.8. The highest BCUT2D eigenvalue weighted by atomic mass is 32.1. The van der Waals surface area contributed by atoms with Gasteiger partial charge in [-0.1, -0.05) is 23.3 Å². The van der Waals surface area contributed by atoms with Crippen molar-refractivity contribution in [1.29, 1.82) is 0 Å². The summed E-state index contributed by atoms with van der Waals surface area (Å²) in [6, 6.07) is 12.2. The molecule has 5 rings (SSSR count). The SMILES string of the molecule is c1ccc(-n2nnnc2N2CCN(Cc3csc(-c4ccsc4)n3)CC2)cc1. The third kappa shape index (κ3) is 3.56. The zero-order valence-corrected chi connectivity index (χ0v) is 16.8. The van der Waals surface area contributed by atoms with Crippen molar-refractivity contribution in [2.45, 2.75) is 6.54 Å². The van der Waals surface area contributed by atoms with E-state index in [0.717, 1.165) is 55.1 Å². The molecule has 4 heterocycles. The van der Waals surface area contributed by atoms with Gasteiger partial charge in [-0.2, -0.15) is 16.0 Å². The first-order valence-corrected chi connectivity index (χ1v) is 11.0. The van der Waals surface area contributed by atoms with Crippen molar-refractivity contribution < 1.29 is 0 Å². The van der Waals surface area contributed by atoms with Gasteiger partial charge < -0.3 is 4.90 Å². The summed E-state index contributed by atoms with van der Waals surface area (Å²) >= 11 is 3.43. The van der Waals surface area contributed by atoms with E-state index in [0.29, 0.717) is 0 Å². The largest absolute Gasteiger partial charge is 0.337 e. The Kier molecular flexibility index (Phi) is 4.86. The molecule has 7 nitrogen and oxygen atoms in total. The molecule has 0 radical (unpaired) electrons. The standard InChI is InChI=1S/C19H19N7S2/c1-2-4-17(5-3-1)26-19(21-22-23-26)25-9-7-24(8-10-25)12-16-14-28-18(20-16)15-6-11-27-13-15/h1-6,11,13-14H,7-10,12H2. The second-order valence-corrected chi connectivity index (χ2v) is 8.28. The lowest BCUT2D eigenvalue weighted by Crippen LogP contribution is -2.46. The minimum absolute atomic E-state index is 0.805. The average molecular weight is 410 g/mol. The lowest BCUT2D eigenvalue weighted by Gasteiger charge is -2.34. The highest BCUT2D eigenvalue weighted by molar-refractivity contribution is 7.14. The predicted octanol–water partition coefficient (Wildman–Crippen LogP) is 3.17. The first-order chi connectivity index (χ1) is 13.9. The maximum absolute atomic E-state index is 4.80. The number of hydrogen-bond donors (Lipinski definition) is 0. The third-order valence-corrected chi connectivity index (χ3v) is 6.44. The molecule has 1 aliphatic heterocycles. The van der Waals surface area contributed by atoms with Crippen molar-refractivity contribution in [2.24, 2.45) is 0 Å². The number of para-hydroxylation sites is 1. The lowest BCUT2D eigenvalue weighted by molar-refractivity contribution is 0.246. The molecule has 1 fully saturated rings. The number of aromatic nitrogens is 5. The predicted molar refractivity (Wildman–Crippen MR) is 112 cm³/mol. The van der Waals surface area contributed by atoms with Crippen LogP contribution in [0.1, 0.15) is 5.69 Å². The number of rotatable bonds is 5. The normalized spacial score (nSPS) is 15.2. The van der Waals surface area contributed by atoms with Crippen LogP contribution in [0.3, 0.4) is 0 Å². The van der Waals surface area contributed by atoms with Crippen molar-refractivity contribution in [1.82, 2.24) is 30.1 Å². The summed E-state index contributed by atoms with van der Waals surface area (Å²) in [6.07, 6.45) is 0. The van der Waals surface area contributed by atoms with E-state index in [1.165, 1.54) is 5.56 Å². The number of hydrogen-bond acceptors (Lipinski definition) is 8. The molecule has 0 saturated carbocycles. The molecule has 0 atom stereocenters. The molecule has 9 heteroatoms. The van der Waals surface area contributed by atoms with Crippen LogP contribution in [-0.2, 0) is 6.54 Å². The number of benzene rings is 1. The Morgan fingerprint density at radius 2 is 1.82 bits per heavy atom. The molecule has 1 saturated heterocycles. The molecular formula is C19H19N7S2. The van der Waals surface area contributed by atoms with Gasteiger partial charge in [-0.05, 0) is 34.0 Å². The summed E-state index contributed by atoms with van der Waals surface area (Å²) in [5.74, 6) is 0.805. The van der Waals surface area contributed by atoms with E-state index in [1.54, 1.807) is 22.7 Å².